The van der Waals surface area contributed by atoms with Crippen molar-refractivity contribution in [2.24, 2.45) is 0 Å². The summed E-state index contributed by atoms with van der Waals surface area (Å²) in [6.07, 6.45) is 5.36. The summed E-state index contributed by atoms with van der Waals surface area (Å²) in [7, 11) is 0. The molecule has 0 radical (unpaired) electrons. The Labute approximate surface area is 136 Å². The number of benzene rings is 1. The Balaban J connectivity index is 1.85. The molecule has 2 aliphatic rings. The second kappa shape index (κ2) is 6.04. The van der Waals surface area contributed by atoms with E-state index in [0.717, 1.165) is 18.4 Å². The molecule has 1 fully saturated rings. The van der Waals surface area contributed by atoms with E-state index in [2.05, 4.69) is 17.4 Å². The van der Waals surface area contributed by atoms with Crippen molar-refractivity contribution in [3.63, 3.8) is 0 Å². The molecular formula is C18H21N3O2. The standard InChI is InChI=1S/C18H21N3O2/c1-18(15-9-8-13-6-2-3-7-14(13)12-15)16(22)21(17(23)20-18)11-5-4-10-19/h8-9,12H,2-7,11H2,1H3,(H,20,23). The number of amides is 3. The molecule has 0 spiro atoms. The third kappa shape index (κ3) is 2.70. The van der Waals surface area contributed by atoms with E-state index in [1.54, 1.807) is 6.92 Å². The molecule has 3 amide bonds. The minimum absolute atomic E-state index is 0.226. The summed E-state index contributed by atoms with van der Waals surface area (Å²) in [5.41, 5.74) is 2.49. The summed E-state index contributed by atoms with van der Waals surface area (Å²) >= 11 is 0. The zero-order valence-electron chi connectivity index (χ0n) is 13.4. The van der Waals surface area contributed by atoms with Crippen LogP contribution in [0.1, 0.15) is 49.3 Å². The highest BCUT2D eigenvalue weighted by Crippen LogP contribution is 2.32. The molecule has 1 unspecified atom stereocenters. The molecule has 1 aromatic carbocycles. The quantitative estimate of drug-likeness (QED) is 0.686. The number of hydrogen-bond acceptors (Lipinski definition) is 3. The number of nitrogens with zero attached hydrogens (tertiary/aromatic N) is 2. The molecule has 1 aliphatic carbocycles. The Morgan fingerprint density at radius 2 is 2.00 bits per heavy atom. The number of rotatable bonds is 4. The van der Waals surface area contributed by atoms with E-state index in [0.29, 0.717) is 19.4 Å². The molecular weight excluding hydrogens is 290 g/mol. The Morgan fingerprint density at radius 1 is 1.26 bits per heavy atom. The molecule has 23 heavy (non-hydrogen) atoms. The van der Waals surface area contributed by atoms with Crippen LogP contribution in [0.5, 0.6) is 0 Å². The van der Waals surface area contributed by atoms with E-state index in [1.807, 2.05) is 12.1 Å². The number of hydrogen-bond donors (Lipinski definition) is 1. The zero-order valence-corrected chi connectivity index (χ0v) is 13.4. The van der Waals surface area contributed by atoms with Crippen LogP contribution in [0.15, 0.2) is 18.2 Å². The molecule has 1 N–H and O–H groups in total. The summed E-state index contributed by atoms with van der Waals surface area (Å²) in [6.45, 7) is 2.06. The van der Waals surface area contributed by atoms with Gasteiger partial charge in [0.25, 0.3) is 5.91 Å². The number of fused-ring (bicyclic) bond motifs is 1. The van der Waals surface area contributed by atoms with Gasteiger partial charge >= 0.3 is 6.03 Å². The lowest BCUT2D eigenvalue weighted by molar-refractivity contribution is -0.131. The maximum absolute atomic E-state index is 12.8. The smallest absolute Gasteiger partial charge is 0.319 e. The van der Waals surface area contributed by atoms with Gasteiger partial charge in [0, 0.05) is 13.0 Å². The molecule has 5 nitrogen and oxygen atoms in total. The fourth-order valence-electron chi connectivity index (χ4n) is 3.46. The number of urea groups is 1. The van der Waals surface area contributed by atoms with Gasteiger partial charge in [-0.3, -0.25) is 9.69 Å². The summed E-state index contributed by atoms with van der Waals surface area (Å²) in [4.78, 5) is 26.2. The fraction of sp³-hybridized carbons (Fsp3) is 0.500. The molecule has 0 saturated carbocycles. The van der Waals surface area contributed by atoms with Crippen molar-refractivity contribution in [3.8, 4) is 6.07 Å². The minimum atomic E-state index is -1.00. The van der Waals surface area contributed by atoms with Crippen molar-refractivity contribution >= 4 is 11.9 Å². The molecule has 0 aromatic heterocycles. The topological polar surface area (TPSA) is 73.2 Å². The third-order valence-electron chi connectivity index (χ3n) is 4.87. The Hall–Kier alpha value is -2.35. The number of imide groups is 1. The number of nitrogens with one attached hydrogen (secondary N) is 1. The lowest BCUT2D eigenvalue weighted by Gasteiger charge is -2.25. The number of carbonyl (C=O) groups excluding carboxylic acids is 2. The van der Waals surface area contributed by atoms with Crippen LogP contribution in [0.25, 0.3) is 0 Å². The van der Waals surface area contributed by atoms with Gasteiger partial charge in [0.2, 0.25) is 0 Å². The molecule has 3 rings (SSSR count). The highest BCUT2D eigenvalue weighted by Gasteiger charge is 2.48. The lowest BCUT2D eigenvalue weighted by Crippen LogP contribution is -2.41. The zero-order chi connectivity index (χ0) is 16.4. The molecule has 1 saturated heterocycles. The van der Waals surface area contributed by atoms with E-state index in [4.69, 9.17) is 5.26 Å². The largest absolute Gasteiger partial charge is 0.325 e. The van der Waals surface area contributed by atoms with E-state index in [-0.39, 0.29) is 11.9 Å². The van der Waals surface area contributed by atoms with Crippen LogP contribution in [0.3, 0.4) is 0 Å². The van der Waals surface area contributed by atoms with Crippen LogP contribution >= 0.6 is 0 Å². The predicted molar refractivity (Wildman–Crippen MR) is 85.5 cm³/mol. The van der Waals surface area contributed by atoms with Gasteiger partial charge in [-0.2, -0.15) is 5.26 Å². The van der Waals surface area contributed by atoms with Crippen LogP contribution in [-0.2, 0) is 23.2 Å². The van der Waals surface area contributed by atoms with E-state index in [1.165, 1.54) is 28.9 Å². The average molecular weight is 311 g/mol. The van der Waals surface area contributed by atoms with Crippen LogP contribution in [0.4, 0.5) is 4.79 Å². The lowest BCUT2D eigenvalue weighted by atomic mass is 9.85. The molecule has 120 valence electrons. The van der Waals surface area contributed by atoms with Crippen LogP contribution in [0, 0.1) is 11.3 Å². The van der Waals surface area contributed by atoms with Gasteiger partial charge in [0.15, 0.2) is 0 Å². The SMILES string of the molecule is CC1(c2ccc3c(c2)CCCC3)NC(=O)N(CCCC#N)C1=O. The predicted octanol–water partition coefficient (Wildman–Crippen LogP) is 2.64. The molecule has 1 aromatic rings. The van der Waals surface area contributed by atoms with E-state index in [9.17, 15) is 9.59 Å². The van der Waals surface area contributed by atoms with Crippen LogP contribution < -0.4 is 5.32 Å². The van der Waals surface area contributed by atoms with Crippen molar-refractivity contribution in [3.05, 3.63) is 34.9 Å². The summed E-state index contributed by atoms with van der Waals surface area (Å²) in [5.74, 6) is -0.226. The highest BCUT2D eigenvalue weighted by atomic mass is 16.2. The maximum Gasteiger partial charge on any atom is 0.325 e. The summed E-state index contributed by atoms with van der Waals surface area (Å²) < 4.78 is 0. The third-order valence-corrected chi connectivity index (χ3v) is 4.87. The van der Waals surface area contributed by atoms with Gasteiger partial charge in [-0.1, -0.05) is 18.2 Å². The van der Waals surface area contributed by atoms with Gasteiger partial charge < -0.3 is 5.32 Å². The van der Waals surface area contributed by atoms with Crippen molar-refractivity contribution in [1.82, 2.24) is 10.2 Å². The van der Waals surface area contributed by atoms with Gasteiger partial charge in [-0.25, -0.2) is 4.79 Å². The van der Waals surface area contributed by atoms with Gasteiger partial charge in [0.1, 0.15) is 5.54 Å². The monoisotopic (exact) mass is 311 g/mol. The van der Waals surface area contributed by atoms with Gasteiger partial charge in [-0.05, 0) is 55.7 Å². The summed E-state index contributed by atoms with van der Waals surface area (Å²) in [5, 5.41) is 11.4. The Bertz CT molecular complexity index is 692. The fourth-order valence-corrected chi connectivity index (χ4v) is 3.46. The van der Waals surface area contributed by atoms with Crippen molar-refractivity contribution in [2.75, 3.05) is 6.54 Å². The summed E-state index contributed by atoms with van der Waals surface area (Å²) in [6, 6.07) is 7.80. The first kappa shape index (κ1) is 15.5. The molecule has 5 heteroatoms. The van der Waals surface area contributed by atoms with E-state index >= 15 is 0 Å². The van der Waals surface area contributed by atoms with Crippen molar-refractivity contribution in [2.45, 2.75) is 51.0 Å². The maximum atomic E-state index is 12.8. The molecule has 1 aliphatic heterocycles. The second-order valence-corrected chi connectivity index (χ2v) is 6.46. The van der Waals surface area contributed by atoms with Crippen LogP contribution in [0.2, 0.25) is 0 Å². The normalized spacial score (nSPS) is 23.4. The first-order chi connectivity index (χ1) is 11.1. The highest BCUT2D eigenvalue weighted by molar-refractivity contribution is 6.07. The number of aryl methyl sites for hydroxylation is 2. The van der Waals surface area contributed by atoms with Crippen LogP contribution in [-0.4, -0.2) is 23.4 Å². The average Bonchev–Trinajstić information content (AvgIpc) is 2.78. The Kier molecular flexibility index (Phi) is 4.08. The van der Waals surface area contributed by atoms with Crippen molar-refractivity contribution < 1.29 is 9.59 Å². The van der Waals surface area contributed by atoms with Crippen molar-refractivity contribution in [1.29, 1.82) is 5.26 Å². The first-order valence-electron chi connectivity index (χ1n) is 8.19. The minimum Gasteiger partial charge on any atom is -0.319 e. The molecule has 1 atom stereocenters. The van der Waals surface area contributed by atoms with Gasteiger partial charge in [-0.15, -0.1) is 0 Å². The second-order valence-electron chi connectivity index (χ2n) is 6.46. The molecule has 1 heterocycles. The van der Waals surface area contributed by atoms with E-state index < -0.39 is 5.54 Å². The number of carbonyl (C=O) groups is 2. The number of unbranched alkanes of at least 4 members (excludes halogenated alkanes) is 1. The Morgan fingerprint density at radius 3 is 2.74 bits per heavy atom. The number of nitriles is 1. The first-order valence-corrected chi connectivity index (χ1v) is 8.19. The van der Waals surface area contributed by atoms with Gasteiger partial charge in [0.05, 0.1) is 6.07 Å². The molecule has 0 bridgehead atoms.